The molecule has 0 fully saturated rings. The van der Waals surface area contributed by atoms with E-state index < -0.39 is 5.97 Å². The summed E-state index contributed by atoms with van der Waals surface area (Å²) in [5.74, 6) is -0.0215. The molecule has 2 heterocycles. The lowest BCUT2D eigenvalue weighted by atomic mass is 10.1. The number of aryl methyl sites for hydroxylation is 2. The number of esters is 1. The summed E-state index contributed by atoms with van der Waals surface area (Å²) in [4.78, 5) is 15.8. The molecule has 0 saturated heterocycles. The number of methoxy groups -OCH3 is 1. The van der Waals surface area contributed by atoms with E-state index in [9.17, 15) is 4.79 Å². The molecule has 2 aromatic heterocycles. The van der Waals surface area contributed by atoms with E-state index in [0.29, 0.717) is 17.0 Å². The largest absolute Gasteiger partial charge is 0.465 e. The topological polar surface area (TPSA) is 65.2 Å². The fraction of sp³-hybridized carbons (Fsp3) is 0.250. The van der Waals surface area contributed by atoms with Gasteiger partial charge in [-0.2, -0.15) is 0 Å². The Balaban J connectivity index is 2.52. The summed E-state index contributed by atoms with van der Waals surface area (Å²) >= 11 is 0. The van der Waals surface area contributed by atoms with Crippen LogP contribution in [0.5, 0.6) is 0 Å². The molecular formula is C12H12N2O3. The van der Waals surface area contributed by atoms with Gasteiger partial charge in [0, 0.05) is 17.5 Å². The molecule has 88 valence electrons. The highest BCUT2D eigenvalue weighted by molar-refractivity contribution is 5.96. The summed E-state index contributed by atoms with van der Waals surface area (Å²) in [6.07, 6.45) is 1.65. The number of carbonyl (C=O) groups is 1. The minimum Gasteiger partial charge on any atom is -0.465 e. The van der Waals surface area contributed by atoms with E-state index >= 15 is 0 Å². The van der Waals surface area contributed by atoms with Crippen molar-refractivity contribution < 1.29 is 14.1 Å². The molecular weight excluding hydrogens is 220 g/mol. The third kappa shape index (κ3) is 2.04. The number of rotatable bonds is 2. The third-order valence-corrected chi connectivity index (χ3v) is 2.44. The monoisotopic (exact) mass is 232 g/mol. The number of nitrogens with zero attached hydrogens (tertiary/aromatic N) is 2. The average Bonchev–Trinajstić information content (AvgIpc) is 2.71. The van der Waals surface area contributed by atoms with Crippen LogP contribution in [0, 0.1) is 13.8 Å². The summed E-state index contributed by atoms with van der Waals surface area (Å²) in [5, 5.41) is 3.87. The van der Waals surface area contributed by atoms with Crippen molar-refractivity contribution in [3.05, 3.63) is 35.3 Å². The zero-order valence-corrected chi connectivity index (χ0v) is 9.85. The predicted octanol–water partition coefficient (Wildman–Crippen LogP) is 2.14. The molecule has 0 bridgehead atoms. The Morgan fingerprint density at radius 1 is 1.35 bits per heavy atom. The van der Waals surface area contributed by atoms with E-state index in [1.807, 2.05) is 19.1 Å². The molecule has 17 heavy (non-hydrogen) atoms. The smallest absolute Gasteiger partial charge is 0.343 e. The zero-order chi connectivity index (χ0) is 12.4. The van der Waals surface area contributed by atoms with Crippen LogP contribution in [0.2, 0.25) is 0 Å². The van der Waals surface area contributed by atoms with Gasteiger partial charge in [-0.25, -0.2) is 4.79 Å². The van der Waals surface area contributed by atoms with Crippen molar-refractivity contribution in [2.24, 2.45) is 0 Å². The Kier molecular flexibility index (Phi) is 2.91. The van der Waals surface area contributed by atoms with Gasteiger partial charge in [0.15, 0.2) is 0 Å². The number of hydrogen-bond acceptors (Lipinski definition) is 5. The van der Waals surface area contributed by atoms with Crippen molar-refractivity contribution in [3.8, 4) is 11.3 Å². The number of aromatic nitrogens is 2. The highest BCUT2D eigenvalue weighted by Crippen LogP contribution is 2.25. The standard InChI is InChI=1S/C12H12N2O3/c1-7-4-5-9(6-13-7)11-10(12(15)16-3)8(2)17-14-11/h4-6H,1-3H3. The molecule has 5 nitrogen and oxygen atoms in total. The molecule has 2 aromatic rings. The molecule has 0 aliphatic rings. The molecule has 0 atom stereocenters. The first-order valence-corrected chi connectivity index (χ1v) is 5.11. The van der Waals surface area contributed by atoms with Gasteiger partial charge >= 0.3 is 5.97 Å². The van der Waals surface area contributed by atoms with Crippen molar-refractivity contribution in [3.63, 3.8) is 0 Å². The van der Waals surface area contributed by atoms with Gasteiger partial charge in [-0.05, 0) is 26.0 Å². The van der Waals surface area contributed by atoms with Crippen molar-refractivity contribution in [2.45, 2.75) is 13.8 Å². The average molecular weight is 232 g/mol. The van der Waals surface area contributed by atoms with E-state index in [0.717, 1.165) is 11.3 Å². The minimum absolute atomic E-state index is 0.346. The van der Waals surface area contributed by atoms with E-state index in [1.165, 1.54) is 7.11 Å². The number of hydrogen-bond donors (Lipinski definition) is 0. The third-order valence-electron chi connectivity index (χ3n) is 2.44. The Bertz CT molecular complexity index is 543. The second-order valence-electron chi connectivity index (χ2n) is 3.64. The van der Waals surface area contributed by atoms with Gasteiger partial charge in [-0.3, -0.25) is 4.98 Å². The van der Waals surface area contributed by atoms with Gasteiger partial charge in [0.1, 0.15) is 17.0 Å². The molecule has 0 saturated carbocycles. The van der Waals surface area contributed by atoms with Crippen molar-refractivity contribution in [1.29, 1.82) is 0 Å². The van der Waals surface area contributed by atoms with E-state index in [1.54, 1.807) is 13.1 Å². The summed E-state index contributed by atoms with van der Waals surface area (Å²) in [6.45, 7) is 3.56. The molecule has 0 unspecified atom stereocenters. The molecule has 0 amide bonds. The predicted molar refractivity (Wildman–Crippen MR) is 60.5 cm³/mol. The maximum absolute atomic E-state index is 11.6. The maximum Gasteiger partial charge on any atom is 0.343 e. The van der Waals surface area contributed by atoms with Gasteiger partial charge in [-0.1, -0.05) is 5.16 Å². The van der Waals surface area contributed by atoms with E-state index in [2.05, 4.69) is 10.1 Å². The molecule has 0 N–H and O–H groups in total. The lowest BCUT2D eigenvalue weighted by molar-refractivity contribution is 0.0599. The quantitative estimate of drug-likeness (QED) is 0.742. The number of ether oxygens (including phenoxy) is 1. The van der Waals surface area contributed by atoms with Gasteiger partial charge in [0.25, 0.3) is 0 Å². The molecule has 0 radical (unpaired) electrons. The summed E-state index contributed by atoms with van der Waals surface area (Å²) in [7, 11) is 1.33. The first kappa shape index (κ1) is 11.3. The van der Waals surface area contributed by atoms with Crippen LogP contribution in [0.1, 0.15) is 21.8 Å². The Hall–Kier alpha value is -2.17. The number of carbonyl (C=O) groups excluding carboxylic acids is 1. The summed E-state index contributed by atoms with van der Waals surface area (Å²) in [5.41, 5.74) is 2.43. The molecule has 0 aliphatic carbocycles. The van der Waals surface area contributed by atoms with Gasteiger partial charge < -0.3 is 9.26 Å². The van der Waals surface area contributed by atoms with Crippen LogP contribution < -0.4 is 0 Å². The summed E-state index contributed by atoms with van der Waals surface area (Å²) in [6, 6.07) is 3.69. The normalized spacial score (nSPS) is 10.3. The first-order valence-electron chi connectivity index (χ1n) is 5.11. The van der Waals surface area contributed by atoms with E-state index in [4.69, 9.17) is 9.26 Å². The maximum atomic E-state index is 11.6. The second kappa shape index (κ2) is 4.37. The summed E-state index contributed by atoms with van der Waals surface area (Å²) < 4.78 is 9.73. The Morgan fingerprint density at radius 3 is 2.71 bits per heavy atom. The van der Waals surface area contributed by atoms with Crippen LogP contribution in [-0.4, -0.2) is 23.2 Å². The second-order valence-corrected chi connectivity index (χ2v) is 3.64. The van der Waals surface area contributed by atoms with Crippen molar-refractivity contribution in [1.82, 2.24) is 10.1 Å². The first-order chi connectivity index (χ1) is 8.13. The van der Waals surface area contributed by atoms with Gasteiger partial charge in [-0.15, -0.1) is 0 Å². The van der Waals surface area contributed by atoms with Crippen LogP contribution in [0.15, 0.2) is 22.9 Å². The van der Waals surface area contributed by atoms with Gasteiger partial charge in [0.05, 0.1) is 7.11 Å². The highest BCUT2D eigenvalue weighted by atomic mass is 16.5. The molecule has 0 aliphatic heterocycles. The minimum atomic E-state index is -0.459. The van der Waals surface area contributed by atoms with E-state index in [-0.39, 0.29) is 0 Å². The SMILES string of the molecule is COC(=O)c1c(-c2ccc(C)nc2)noc1C. The van der Waals surface area contributed by atoms with Crippen LogP contribution in [0.3, 0.4) is 0 Å². The van der Waals surface area contributed by atoms with Gasteiger partial charge in [0.2, 0.25) is 0 Å². The zero-order valence-electron chi connectivity index (χ0n) is 9.85. The Labute approximate surface area is 98.4 Å². The lowest BCUT2D eigenvalue weighted by Gasteiger charge is -2.00. The highest BCUT2D eigenvalue weighted by Gasteiger charge is 2.22. The van der Waals surface area contributed by atoms with Crippen LogP contribution in [0.4, 0.5) is 0 Å². The molecule has 0 spiro atoms. The van der Waals surface area contributed by atoms with Crippen molar-refractivity contribution >= 4 is 5.97 Å². The van der Waals surface area contributed by atoms with Crippen LogP contribution in [-0.2, 0) is 4.74 Å². The van der Waals surface area contributed by atoms with Crippen LogP contribution in [0.25, 0.3) is 11.3 Å². The molecule has 0 aromatic carbocycles. The van der Waals surface area contributed by atoms with Crippen LogP contribution >= 0.6 is 0 Å². The lowest BCUT2D eigenvalue weighted by Crippen LogP contribution is -2.03. The fourth-order valence-corrected chi connectivity index (χ4v) is 1.52. The molecule has 5 heteroatoms. The fourth-order valence-electron chi connectivity index (χ4n) is 1.52. The number of pyridine rings is 1. The molecule has 2 rings (SSSR count). The Morgan fingerprint density at radius 2 is 2.12 bits per heavy atom. The van der Waals surface area contributed by atoms with Crippen molar-refractivity contribution in [2.75, 3.05) is 7.11 Å².